The fourth-order valence-electron chi connectivity index (χ4n) is 4.11. The molecule has 0 atom stereocenters. The molecule has 0 bridgehead atoms. The molecule has 0 radical (unpaired) electrons. The average Bonchev–Trinajstić information content (AvgIpc) is 3.21. The number of imidazole rings is 1. The van der Waals surface area contributed by atoms with Crippen molar-refractivity contribution in [2.45, 2.75) is 45.1 Å². The number of hydrogen-bond acceptors (Lipinski definition) is 4. The van der Waals surface area contributed by atoms with Crippen molar-refractivity contribution >= 4 is 22.8 Å². The zero-order valence-corrected chi connectivity index (χ0v) is 18.1. The first-order chi connectivity index (χ1) is 14.2. The molecule has 160 valence electrons. The number of anilines is 1. The monoisotopic (exact) mass is 410 g/mol. The molecule has 3 heterocycles. The quantitative estimate of drug-likeness (QED) is 0.692. The standard InChI is InChI=1S/C22H30N6O2/c1-22(2,3)18-13-19(26(4)25-18)24-20(29)14-27-11-9-15(10-12-27)28-17-8-6-5-7-16(17)23-21(28)30/h5-8,13,15H,9-12,14H2,1-4H3,(H,23,30)(H,24,29). The van der Waals surface area contributed by atoms with Crippen LogP contribution < -0.4 is 11.0 Å². The molecule has 0 unspecified atom stereocenters. The Hall–Kier alpha value is -2.87. The topological polar surface area (TPSA) is 87.9 Å². The molecule has 2 N–H and O–H groups in total. The van der Waals surface area contributed by atoms with Crippen molar-refractivity contribution in [3.05, 3.63) is 46.5 Å². The minimum atomic E-state index is -0.0664. The van der Waals surface area contributed by atoms with Crippen LogP contribution >= 0.6 is 0 Å². The third kappa shape index (κ3) is 4.05. The number of aromatic nitrogens is 4. The largest absolute Gasteiger partial charge is 0.326 e. The summed E-state index contributed by atoms with van der Waals surface area (Å²) in [5, 5.41) is 7.49. The number of aromatic amines is 1. The van der Waals surface area contributed by atoms with Crippen LogP contribution in [0.5, 0.6) is 0 Å². The second kappa shape index (κ2) is 7.75. The number of benzene rings is 1. The summed E-state index contributed by atoms with van der Waals surface area (Å²) in [5.41, 5.74) is 2.64. The van der Waals surface area contributed by atoms with Gasteiger partial charge in [0.2, 0.25) is 5.91 Å². The summed E-state index contributed by atoms with van der Waals surface area (Å²) in [6, 6.07) is 9.88. The number of piperidine rings is 1. The lowest BCUT2D eigenvalue weighted by Gasteiger charge is -2.32. The normalized spacial score (nSPS) is 16.3. The van der Waals surface area contributed by atoms with Gasteiger partial charge in [0.05, 0.1) is 23.3 Å². The zero-order valence-electron chi connectivity index (χ0n) is 18.1. The molecule has 1 fully saturated rings. The molecule has 1 aliphatic heterocycles. The number of fused-ring (bicyclic) bond motifs is 1. The van der Waals surface area contributed by atoms with E-state index in [-0.39, 0.29) is 23.1 Å². The van der Waals surface area contributed by atoms with Crippen molar-refractivity contribution in [3.63, 3.8) is 0 Å². The van der Waals surface area contributed by atoms with E-state index in [0.717, 1.165) is 42.7 Å². The number of carbonyl (C=O) groups is 1. The Balaban J connectivity index is 1.36. The minimum Gasteiger partial charge on any atom is -0.310 e. The molecule has 1 amide bonds. The Labute approximate surface area is 175 Å². The summed E-state index contributed by atoms with van der Waals surface area (Å²) >= 11 is 0. The highest BCUT2D eigenvalue weighted by molar-refractivity contribution is 5.91. The Morgan fingerprint density at radius 1 is 1.23 bits per heavy atom. The molecule has 0 aliphatic carbocycles. The number of rotatable bonds is 4. The molecule has 4 rings (SSSR count). The van der Waals surface area contributed by atoms with Crippen LogP contribution in [0.2, 0.25) is 0 Å². The van der Waals surface area contributed by atoms with E-state index in [2.05, 4.69) is 41.1 Å². The smallest absolute Gasteiger partial charge is 0.310 e. The van der Waals surface area contributed by atoms with Crippen LogP contribution in [0, 0.1) is 0 Å². The summed E-state index contributed by atoms with van der Waals surface area (Å²) in [6.07, 6.45) is 1.68. The summed E-state index contributed by atoms with van der Waals surface area (Å²) in [7, 11) is 1.84. The van der Waals surface area contributed by atoms with Crippen molar-refractivity contribution in [3.8, 4) is 0 Å². The number of para-hydroxylation sites is 2. The van der Waals surface area contributed by atoms with Gasteiger partial charge in [-0.15, -0.1) is 0 Å². The molecule has 30 heavy (non-hydrogen) atoms. The number of hydrogen-bond donors (Lipinski definition) is 2. The molecule has 0 spiro atoms. The van der Waals surface area contributed by atoms with E-state index >= 15 is 0 Å². The molecular weight excluding hydrogens is 380 g/mol. The predicted molar refractivity (Wildman–Crippen MR) is 118 cm³/mol. The Morgan fingerprint density at radius 3 is 2.60 bits per heavy atom. The lowest BCUT2D eigenvalue weighted by atomic mass is 9.92. The molecule has 0 saturated carbocycles. The number of amides is 1. The van der Waals surface area contributed by atoms with Gasteiger partial charge in [0, 0.05) is 37.7 Å². The number of aryl methyl sites for hydroxylation is 1. The van der Waals surface area contributed by atoms with E-state index < -0.39 is 0 Å². The van der Waals surface area contributed by atoms with E-state index in [9.17, 15) is 9.59 Å². The first kappa shape index (κ1) is 20.4. The Morgan fingerprint density at radius 2 is 1.93 bits per heavy atom. The molecule has 8 heteroatoms. The fraction of sp³-hybridized carbons (Fsp3) is 0.500. The lowest BCUT2D eigenvalue weighted by Crippen LogP contribution is -2.41. The van der Waals surface area contributed by atoms with Crippen LogP contribution in [0.25, 0.3) is 11.0 Å². The summed E-state index contributed by atoms with van der Waals surface area (Å²) in [6.45, 7) is 8.20. The van der Waals surface area contributed by atoms with Crippen molar-refractivity contribution < 1.29 is 4.79 Å². The van der Waals surface area contributed by atoms with Gasteiger partial charge in [-0.25, -0.2) is 4.79 Å². The van der Waals surface area contributed by atoms with Gasteiger partial charge in [0.25, 0.3) is 0 Å². The molecular formula is C22H30N6O2. The molecule has 8 nitrogen and oxygen atoms in total. The van der Waals surface area contributed by atoms with Gasteiger partial charge in [-0.2, -0.15) is 5.10 Å². The van der Waals surface area contributed by atoms with Crippen molar-refractivity contribution in [1.82, 2.24) is 24.2 Å². The first-order valence-electron chi connectivity index (χ1n) is 10.5. The van der Waals surface area contributed by atoms with Gasteiger partial charge in [-0.1, -0.05) is 32.9 Å². The lowest BCUT2D eigenvalue weighted by molar-refractivity contribution is -0.117. The SMILES string of the molecule is Cn1nc(C(C)(C)C)cc1NC(=O)CN1CCC(n2c(=O)[nH]c3ccccc32)CC1. The van der Waals surface area contributed by atoms with E-state index in [0.29, 0.717) is 12.4 Å². The second-order valence-electron chi connectivity index (χ2n) is 9.16. The van der Waals surface area contributed by atoms with E-state index in [1.165, 1.54) is 0 Å². The van der Waals surface area contributed by atoms with Gasteiger partial charge in [0.15, 0.2) is 0 Å². The van der Waals surface area contributed by atoms with Crippen LogP contribution in [0.3, 0.4) is 0 Å². The van der Waals surface area contributed by atoms with E-state index in [4.69, 9.17) is 0 Å². The number of carbonyl (C=O) groups excluding carboxylic acids is 1. The maximum atomic E-state index is 12.6. The summed E-state index contributed by atoms with van der Waals surface area (Å²) in [4.78, 5) is 30.1. The third-order valence-electron chi connectivity index (χ3n) is 5.83. The van der Waals surface area contributed by atoms with Gasteiger partial charge in [-0.3, -0.25) is 18.9 Å². The zero-order chi connectivity index (χ0) is 21.5. The van der Waals surface area contributed by atoms with Gasteiger partial charge in [0.1, 0.15) is 5.82 Å². The minimum absolute atomic E-state index is 0.0406. The highest BCUT2D eigenvalue weighted by atomic mass is 16.2. The third-order valence-corrected chi connectivity index (χ3v) is 5.83. The average molecular weight is 411 g/mol. The highest BCUT2D eigenvalue weighted by Crippen LogP contribution is 2.25. The fourth-order valence-corrected chi connectivity index (χ4v) is 4.11. The molecule has 3 aromatic rings. The van der Waals surface area contributed by atoms with Crippen LogP contribution in [-0.2, 0) is 17.3 Å². The molecule has 1 aromatic carbocycles. The van der Waals surface area contributed by atoms with Gasteiger partial charge < -0.3 is 10.3 Å². The van der Waals surface area contributed by atoms with Crippen LogP contribution in [0.15, 0.2) is 35.1 Å². The predicted octanol–water partition coefficient (Wildman–Crippen LogP) is 2.64. The first-order valence-corrected chi connectivity index (χ1v) is 10.5. The maximum Gasteiger partial charge on any atom is 0.326 e. The summed E-state index contributed by atoms with van der Waals surface area (Å²) < 4.78 is 3.59. The molecule has 1 aliphatic rings. The van der Waals surface area contributed by atoms with Crippen LogP contribution in [0.1, 0.15) is 45.3 Å². The van der Waals surface area contributed by atoms with Crippen LogP contribution in [0.4, 0.5) is 5.82 Å². The van der Waals surface area contributed by atoms with E-state index in [1.54, 1.807) is 4.68 Å². The maximum absolute atomic E-state index is 12.6. The number of likely N-dealkylation sites (tertiary alicyclic amines) is 1. The number of nitrogens with one attached hydrogen (secondary N) is 2. The number of nitrogens with zero attached hydrogens (tertiary/aromatic N) is 4. The van der Waals surface area contributed by atoms with Gasteiger partial charge in [-0.05, 0) is 25.0 Å². The highest BCUT2D eigenvalue weighted by Gasteiger charge is 2.25. The summed E-state index contributed by atoms with van der Waals surface area (Å²) in [5.74, 6) is 0.673. The van der Waals surface area contributed by atoms with E-state index in [1.807, 2.05) is 41.9 Å². The Kier molecular flexibility index (Phi) is 5.27. The second-order valence-corrected chi connectivity index (χ2v) is 9.16. The van der Waals surface area contributed by atoms with Gasteiger partial charge >= 0.3 is 5.69 Å². The van der Waals surface area contributed by atoms with Crippen molar-refractivity contribution in [2.24, 2.45) is 7.05 Å². The molecule has 2 aromatic heterocycles. The molecule has 1 saturated heterocycles. The van der Waals surface area contributed by atoms with Crippen molar-refractivity contribution in [1.29, 1.82) is 0 Å². The van der Waals surface area contributed by atoms with Crippen LogP contribution in [-0.4, -0.2) is 49.8 Å². The Bertz CT molecular complexity index is 1110. The van der Waals surface area contributed by atoms with Crippen molar-refractivity contribution in [2.75, 3.05) is 25.0 Å². The number of H-pyrrole nitrogens is 1.